The Morgan fingerprint density at radius 1 is 1.23 bits per heavy atom. The second-order valence-corrected chi connectivity index (χ2v) is 10.6. The van der Waals surface area contributed by atoms with Crippen LogP contribution in [0.15, 0.2) is 0 Å². The third-order valence-electron chi connectivity index (χ3n) is 6.40. The topological polar surface area (TPSA) is 116 Å². The molecule has 0 aliphatic heterocycles. The van der Waals surface area contributed by atoms with E-state index in [1.165, 1.54) is 5.69 Å². The molecule has 1 fully saturated rings. The van der Waals surface area contributed by atoms with E-state index >= 15 is 0 Å². The summed E-state index contributed by atoms with van der Waals surface area (Å²) in [5.41, 5.74) is 2.38. The lowest BCUT2D eigenvalue weighted by molar-refractivity contribution is 0.137. The Morgan fingerprint density at radius 2 is 1.97 bits per heavy atom. The van der Waals surface area contributed by atoms with Crippen molar-refractivity contribution < 1.29 is 23.5 Å². The molecule has 2 aliphatic rings. The van der Waals surface area contributed by atoms with Crippen molar-refractivity contribution >= 4 is 13.7 Å². The van der Waals surface area contributed by atoms with Gasteiger partial charge < -0.3 is 19.5 Å². The van der Waals surface area contributed by atoms with Crippen LogP contribution in [0.1, 0.15) is 56.8 Å². The molecule has 0 aromatic carbocycles. The number of hydrogen-bond acceptors (Lipinski definition) is 6. The first-order valence-corrected chi connectivity index (χ1v) is 12.9. The standard InChI is InChI=1S/C20H35N4O5P/c1-3-30(26,27)29-13-7-5-4-6-12-21-20(25)28-14-17-15-8-10-18-19(11-9-16(15)17)24(2)23-22-18/h15-17H,3-14H2,1-2H3,(H,21,25)(H,26,27)/t15-,16+,17-/m0/s1. The minimum absolute atomic E-state index is 0.143. The van der Waals surface area contributed by atoms with Crippen LogP contribution in [0.2, 0.25) is 0 Å². The lowest BCUT2D eigenvalue weighted by atomic mass is 10.0. The molecule has 2 aliphatic carbocycles. The minimum Gasteiger partial charge on any atom is -0.449 e. The van der Waals surface area contributed by atoms with Gasteiger partial charge in [0, 0.05) is 19.8 Å². The first kappa shape index (κ1) is 23.2. The van der Waals surface area contributed by atoms with Crippen LogP contribution in [0.25, 0.3) is 0 Å². The first-order valence-electron chi connectivity index (χ1n) is 11.2. The van der Waals surface area contributed by atoms with Crippen LogP contribution in [0.4, 0.5) is 4.79 Å². The van der Waals surface area contributed by atoms with Gasteiger partial charge in [0.15, 0.2) is 0 Å². The molecule has 9 nitrogen and oxygen atoms in total. The minimum atomic E-state index is -3.37. The zero-order chi connectivity index (χ0) is 21.6. The summed E-state index contributed by atoms with van der Waals surface area (Å²) in [6.45, 7) is 3.02. The summed E-state index contributed by atoms with van der Waals surface area (Å²) in [6.07, 6.45) is 7.42. The molecule has 1 heterocycles. The molecule has 0 bridgehead atoms. The number of aryl methyl sites for hydroxylation is 2. The second-order valence-electron chi connectivity index (χ2n) is 8.40. The molecule has 1 saturated carbocycles. The largest absolute Gasteiger partial charge is 0.449 e. The summed E-state index contributed by atoms with van der Waals surface area (Å²) >= 11 is 0. The molecule has 0 spiro atoms. The number of alkyl carbamates (subject to hydrolysis) is 1. The van der Waals surface area contributed by atoms with Crippen molar-refractivity contribution in [2.45, 2.75) is 58.3 Å². The average molecular weight is 442 g/mol. The van der Waals surface area contributed by atoms with Gasteiger partial charge in [-0.15, -0.1) is 5.10 Å². The normalized spacial score (nSPS) is 24.7. The molecule has 3 rings (SSSR count). The second kappa shape index (κ2) is 10.7. The van der Waals surface area contributed by atoms with Gasteiger partial charge in [-0.3, -0.25) is 9.25 Å². The Balaban J connectivity index is 1.21. The van der Waals surface area contributed by atoms with Crippen molar-refractivity contribution in [3.63, 3.8) is 0 Å². The zero-order valence-electron chi connectivity index (χ0n) is 18.1. The number of unbranched alkanes of at least 4 members (excludes halogenated alkanes) is 3. The lowest BCUT2D eigenvalue weighted by Gasteiger charge is -2.09. The van der Waals surface area contributed by atoms with Gasteiger partial charge >= 0.3 is 13.7 Å². The van der Waals surface area contributed by atoms with Gasteiger partial charge in [0.1, 0.15) is 0 Å². The van der Waals surface area contributed by atoms with E-state index in [2.05, 4.69) is 15.6 Å². The van der Waals surface area contributed by atoms with Crippen LogP contribution in [0, 0.1) is 17.8 Å². The summed E-state index contributed by atoms with van der Waals surface area (Å²) in [7, 11) is -1.41. The molecule has 0 radical (unpaired) electrons. The number of carbonyl (C=O) groups is 1. The van der Waals surface area contributed by atoms with Crippen molar-refractivity contribution in [2.24, 2.45) is 24.8 Å². The highest BCUT2D eigenvalue weighted by atomic mass is 31.2. The molecule has 1 unspecified atom stereocenters. The van der Waals surface area contributed by atoms with Gasteiger partial charge in [0.25, 0.3) is 0 Å². The van der Waals surface area contributed by atoms with Crippen molar-refractivity contribution in [2.75, 3.05) is 25.9 Å². The number of hydrogen-bond donors (Lipinski definition) is 2. The van der Waals surface area contributed by atoms with E-state index in [4.69, 9.17) is 9.26 Å². The van der Waals surface area contributed by atoms with E-state index in [1.54, 1.807) is 6.92 Å². The summed E-state index contributed by atoms with van der Waals surface area (Å²) in [5.74, 6) is 1.76. The number of nitrogens with one attached hydrogen (secondary N) is 1. The maximum Gasteiger partial charge on any atom is 0.407 e. The van der Waals surface area contributed by atoms with Crippen molar-refractivity contribution in [1.29, 1.82) is 0 Å². The van der Waals surface area contributed by atoms with Crippen LogP contribution in [0.5, 0.6) is 0 Å². The van der Waals surface area contributed by atoms with Gasteiger partial charge in [-0.05, 0) is 56.3 Å². The highest BCUT2D eigenvalue weighted by molar-refractivity contribution is 7.52. The van der Waals surface area contributed by atoms with E-state index in [0.717, 1.165) is 57.1 Å². The SMILES string of the molecule is CCP(=O)(O)OCCCCCCNC(=O)OC[C@@H]1[C@@H]2CCc3c(nnn3C)CC[C@@H]21. The van der Waals surface area contributed by atoms with Gasteiger partial charge in [-0.25, -0.2) is 4.79 Å². The molecular weight excluding hydrogens is 407 g/mol. The zero-order valence-corrected chi connectivity index (χ0v) is 19.0. The van der Waals surface area contributed by atoms with E-state index in [1.807, 2.05) is 11.7 Å². The lowest BCUT2D eigenvalue weighted by Crippen LogP contribution is -2.26. The maximum absolute atomic E-state index is 11.9. The Kier molecular flexibility index (Phi) is 8.31. The van der Waals surface area contributed by atoms with E-state index in [-0.39, 0.29) is 12.3 Å². The molecule has 30 heavy (non-hydrogen) atoms. The fraction of sp³-hybridized carbons (Fsp3) is 0.850. The quantitative estimate of drug-likeness (QED) is 0.400. The molecule has 1 amide bonds. The fourth-order valence-electron chi connectivity index (χ4n) is 4.45. The Morgan fingerprint density at radius 3 is 2.73 bits per heavy atom. The van der Waals surface area contributed by atoms with E-state index < -0.39 is 7.60 Å². The van der Waals surface area contributed by atoms with Crippen LogP contribution >= 0.6 is 7.60 Å². The van der Waals surface area contributed by atoms with Gasteiger partial charge in [-0.2, -0.15) is 0 Å². The number of ether oxygens (including phenoxy) is 1. The molecule has 170 valence electrons. The number of aromatic nitrogens is 3. The van der Waals surface area contributed by atoms with Gasteiger partial charge in [0.05, 0.1) is 24.6 Å². The van der Waals surface area contributed by atoms with Crippen LogP contribution < -0.4 is 5.32 Å². The number of nitrogens with zero attached hydrogens (tertiary/aromatic N) is 3. The van der Waals surface area contributed by atoms with Gasteiger partial charge in [-0.1, -0.05) is 25.0 Å². The Bertz CT molecular complexity index is 756. The molecule has 1 aromatic rings. The highest BCUT2D eigenvalue weighted by Gasteiger charge is 2.50. The van der Waals surface area contributed by atoms with E-state index in [0.29, 0.717) is 37.5 Å². The monoisotopic (exact) mass is 442 g/mol. The van der Waals surface area contributed by atoms with Crippen molar-refractivity contribution in [3.05, 3.63) is 11.4 Å². The molecule has 2 N–H and O–H groups in total. The number of rotatable bonds is 11. The van der Waals surface area contributed by atoms with Crippen LogP contribution in [-0.4, -0.2) is 51.9 Å². The predicted octanol–water partition coefficient (Wildman–Crippen LogP) is 3.06. The summed E-state index contributed by atoms with van der Waals surface area (Å²) in [6, 6.07) is 0. The third kappa shape index (κ3) is 6.53. The van der Waals surface area contributed by atoms with E-state index in [9.17, 15) is 14.3 Å². The summed E-state index contributed by atoms with van der Waals surface area (Å²) < 4.78 is 23.7. The van der Waals surface area contributed by atoms with Crippen LogP contribution in [-0.2, 0) is 33.7 Å². The smallest absolute Gasteiger partial charge is 0.407 e. The predicted molar refractivity (Wildman–Crippen MR) is 112 cm³/mol. The van der Waals surface area contributed by atoms with Crippen molar-refractivity contribution in [3.8, 4) is 0 Å². The summed E-state index contributed by atoms with van der Waals surface area (Å²) in [5, 5.41) is 11.2. The maximum atomic E-state index is 11.9. The Labute approximate surface area is 178 Å². The van der Waals surface area contributed by atoms with Crippen molar-refractivity contribution in [1.82, 2.24) is 20.3 Å². The van der Waals surface area contributed by atoms with Gasteiger partial charge in [0.2, 0.25) is 0 Å². The number of carbonyl (C=O) groups excluding carboxylic acids is 1. The average Bonchev–Trinajstić information content (AvgIpc) is 3.24. The number of fused-ring (bicyclic) bond motifs is 2. The fourth-order valence-corrected chi connectivity index (χ4v) is 5.04. The first-order chi connectivity index (χ1) is 14.4. The molecular formula is C20H35N4O5P. The molecule has 4 atom stereocenters. The molecule has 0 saturated heterocycles. The molecule has 10 heteroatoms. The highest BCUT2D eigenvalue weighted by Crippen LogP contribution is 2.52. The Hall–Kier alpha value is -1.44. The molecule has 1 aromatic heterocycles. The van der Waals surface area contributed by atoms with Crippen LogP contribution in [0.3, 0.4) is 0 Å². The summed E-state index contributed by atoms with van der Waals surface area (Å²) in [4.78, 5) is 21.3. The third-order valence-corrected chi connectivity index (χ3v) is 7.79. The number of amides is 1.